The molecule has 0 saturated heterocycles. The predicted octanol–water partition coefficient (Wildman–Crippen LogP) is 2.69. The van der Waals surface area contributed by atoms with Gasteiger partial charge in [-0.05, 0) is 27.7 Å². The van der Waals surface area contributed by atoms with Gasteiger partial charge in [0.25, 0.3) is 0 Å². The standard InChI is InChI=1S/C13H19ClN2O3S/c1-5-19-12(18)9-8-20-10(15-9)7-16(11(17)6-14)13(2,3)4/h8H,5-7H2,1-4H3. The zero-order valence-corrected chi connectivity index (χ0v) is 13.7. The van der Waals surface area contributed by atoms with E-state index < -0.39 is 5.97 Å². The van der Waals surface area contributed by atoms with Crippen LogP contribution in [-0.4, -0.2) is 39.8 Å². The minimum absolute atomic E-state index is 0.0760. The van der Waals surface area contributed by atoms with E-state index in [1.807, 2.05) is 20.8 Å². The van der Waals surface area contributed by atoms with Crippen molar-refractivity contribution in [1.82, 2.24) is 9.88 Å². The van der Waals surface area contributed by atoms with Gasteiger partial charge in [0.1, 0.15) is 10.9 Å². The van der Waals surface area contributed by atoms with E-state index in [9.17, 15) is 9.59 Å². The fourth-order valence-corrected chi connectivity index (χ4v) is 2.48. The molecule has 7 heteroatoms. The number of alkyl halides is 1. The summed E-state index contributed by atoms with van der Waals surface area (Å²) in [4.78, 5) is 29.3. The number of thiazole rings is 1. The summed E-state index contributed by atoms with van der Waals surface area (Å²) in [7, 11) is 0. The highest BCUT2D eigenvalue weighted by Gasteiger charge is 2.27. The Morgan fingerprint density at radius 1 is 1.45 bits per heavy atom. The summed E-state index contributed by atoms with van der Waals surface area (Å²) in [6, 6.07) is 0. The molecule has 0 radical (unpaired) electrons. The van der Waals surface area contributed by atoms with Crippen molar-refractivity contribution < 1.29 is 14.3 Å². The third-order valence-corrected chi connectivity index (χ3v) is 3.62. The molecule has 5 nitrogen and oxygen atoms in total. The van der Waals surface area contributed by atoms with Gasteiger partial charge in [-0.1, -0.05) is 0 Å². The zero-order chi connectivity index (χ0) is 15.3. The van der Waals surface area contributed by atoms with Gasteiger partial charge < -0.3 is 9.64 Å². The SMILES string of the molecule is CCOC(=O)c1csc(CN(C(=O)CCl)C(C)(C)C)n1. The molecule has 1 amide bonds. The summed E-state index contributed by atoms with van der Waals surface area (Å²) < 4.78 is 4.89. The summed E-state index contributed by atoms with van der Waals surface area (Å²) in [5.41, 5.74) is -0.0825. The normalized spacial score (nSPS) is 11.2. The van der Waals surface area contributed by atoms with Gasteiger partial charge in [-0.15, -0.1) is 22.9 Å². The molecule has 1 heterocycles. The Kier molecular flexibility index (Phi) is 5.95. The third kappa shape index (κ3) is 4.45. The average molecular weight is 319 g/mol. The topological polar surface area (TPSA) is 59.5 Å². The number of aromatic nitrogens is 1. The van der Waals surface area contributed by atoms with Crippen molar-refractivity contribution in [3.05, 3.63) is 16.1 Å². The minimum Gasteiger partial charge on any atom is -0.461 e. The second kappa shape index (κ2) is 7.04. The number of carbonyl (C=O) groups excluding carboxylic acids is 2. The van der Waals surface area contributed by atoms with Crippen LogP contribution in [0.4, 0.5) is 0 Å². The van der Waals surface area contributed by atoms with E-state index >= 15 is 0 Å². The number of amides is 1. The largest absolute Gasteiger partial charge is 0.461 e. The number of hydrogen-bond acceptors (Lipinski definition) is 5. The van der Waals surface area contributed by atoms with Gasteiger partial charge in [0.15, 0.2) is 5.69 Å². The molecule has 0 spiro atoms. The Morgan fingerprint density at radius 3 is 2.60 bits per heavy atom. The number of halogens is 1. The van der Waals surface area contributed by atoms with Gasteiger partial charge in [0, 0.05) is 10.9 Å². The van der Waals surface area contributed by atoms with E-state index in [0.29, 0.717) is 18.2 Å². The van der Waals surface area contributed by atoms with Crippen molar-refractivity contribution in [2.75, 3.05) is 12.5 Å². The van der Waals surface area contributed by atoms with Crippen LogP contribution in [0.2, 0.25) is 0 Å². The van der Waals surface area contributed by atoms with E-state index in [0.717, 1.165) is 0 Å². The number of rotatable bonds is 5. The molecule has 0 atom stereocenters. The van der Waals surface area contributed by atoms with Crippen molar-refractivity contribution in [2.45, 2.75) is 39.8 Å². The summed E-state index contributed by atoms with van der Waals surface area (Å²) in [6.07, 6.45) is 0. The van der Waals surface area contributed by atoms with Gasteiger partial charge in [-0.25, -0.2) is 9.78 Å². The summed E-state index contributed by atoms with van der Waals surface area (Å²) in [6.45, 7) is 8.17. The van der Waals surface area contributed by atoms with Crippen molar-refractivity contribution >= 4 is 34.8 Å². The Bertz CT molecular complexity index is 482. The van der Waals surface area contributed by atoms with Crippen LogP contribution in [0.3, 0.4) is 0 Å². The number of hydrogen-bond donors (Lipinski definition) is 0. The van der Waals surface area contributed by atoms with E-state index in [4.69, 9.17) is 16.3 Å². The lowest BCUT2D eigenvalue weighted by atomic mass is 10.1. The predicted molar refractivity (Wildman–Crippen MR) is 79.1 cm³/mol. The minimum atomic E-state index is -0.444. The Labute approximate surface area is 127 Å². The van der Waals surface area contributed by atoms with Crippen molar-refractivity contribution in [1.29, 1.82) is 0 Å². The molecule has 1 aromatic rings. The highest BCUT2D eigenvalue weighted by molar-refractivity contribution is 7.09. The van der Waals surface area contributed by atoms with Crippen molar-refractivity contribution in [3.63, 3.8) is 0 Å². The van der Waals surface area contributed by atoms with Gasteiger partial charge >= 0.3 is 5.97 Å². The monoisotopic (exact) mass is 318 g/mol. The smallest absolute Gasteiger partial charge is 0.357 e. The maximum atomic E-state index is 11.9. The third-order valence-electron chi connectivity index (χ3n) is 2.55. The van der Waals surface area contributed by atoms with E-state index in [-0.39, 0.29) is 23.0 Å². The number of ether oxygens (including phenoxy) is 1. The maximum absolute atomic E-state index is 11.9. The highest BCUT2D eigenvalue weighted by atomic mass is 35.5. The first-order valence-corrected chi connectivity index (χ1v) is 7.69. The first-order chi connectivity index (χ1) is 9.29. The molecule has 0 aromatic carbocycles. The van der Waals surface area contributed by atoms with Crippen molar-refractivity contribution in [3.8, 4) is 0 Å². The van der Waals surface area contributed by atoms with E-state index in [1.54, 1.807) is 17.2 Å². The number of nitrogens with zero attached hydrogens (tertiary/aromatic N) is 2. The van der Waals surface area contributed by atoms with E-state index in [1.165, 1.54) is 11.3 Å². The second-order valence-corrected chi connectivity index (χ2v) is 6.34. The first-order valence-electron chi connectivity index (χ1n) is 6.27. The molecule has 0 aliphatic carbocycles. The first kappa shape index (κ1) is 16.9. The van der Waals surface area contributed by atoms with Crippen LogP contribution >= 0.6 is 22.9 Å². The summed E-state index contributed by atoms with van der Waals surface area (Å²) in [5.74, 6) is -0.680. The van der Waals surface area contributed by atoms with Crippen LogP contribution in [0, 0.1) is 0 Å². The van der Waals surface area contributed by atoms with Gasteiger partial charge in [-0.3, -0.25) is 4.79 Å². The molecule has 1 aromatic heterocycles. The molecule has 0 saturated carbocycles. The Morgan fingerprint density at radius 2 is 2.10 bits per heavy atom. The van der Waals surface area contributed by atoms with Crippen LogP contribution < -0.4 is 0 Å². The molecule has 0 aliphatic rings. The molecule has 1 rings (SSSR count). The second-order valence-electron chi connectivity index (χ2n) is 5.13. The van der Waals surface area contributed by atoms with Crippen LogP contribution in [-0.2, 0) is 16.1 Å². The fraction of sp³-hybridized carbons (Fsp3) is 0.615. The fourth-order valence-electron chi connectivity index (χ4n) is 1.59. The molecular weight excluding hydrogens is 300 g/mol. The maximum Gasteiger partial charge on any atom is 0.357 e. The van der Waals surface area contributed by atoms with Gasteiger partial charge in [-0.2, -0.15) is 0 Å². The van der Waals surface area contributed by atoms with Crippen LogP contribution in [0.15, 0.2) is 5.38 Å². The van der Waals surface area contributed by atoms with Crippen LogP contribution in [0.5, 0.6) is 0 Å². The Balaban J connectivity index is 2.85. The average Bonchev–Trinajstić information content (AvgIpc) is 2.82. The molecule has 0 aliphatic heterocycles. The quantitative estimate of drug-likeness (QED) is 0.618. The highest BCUT2D eigenvalue weighted by Crippen LogP contribution is 2.20. The molecule has 0 bridgehead atoms. The lowest BCUT2D eigenvalue weighted by molar-refractivity contribution is -0.133. The number of esters is 1. The molecule has 20 heavy (non-hydrogen) atoms. The summed E-state index contributed by atoms with van der Waals surface area (Å²) >= 11 is 6.96. The Hall–Kier alpha value is -1.14. The molecule has 0 N–H and O–H groups in total. The molecule has 0 unspecified atom stereocenters. The van der Waals surface area contributed by atoms with Crippen molar-refractivity contribution in [2.24, 2.45) is 0 Å². The van der Waals surface area contributed by atoms with Crippen LogP contribution in [0.1, 0.15) is 43.2 Å². The number of carbonyl (C=O) groups is 2. The van der Waals surface area contributed by atoms with Crippen LogP contribution in [0.25, 0.3) is 0 Å². The molecule has 0 fully saturated rings. The van der Waals surface area contributed by atoms with Gasteiger partial charge in [0.05, 0.1) is 13.2 Å². The molecular formula is C13H19ClN2O3S. The van der Waals surface area contributed by atoms with E-state index in [2.05, 4.69) is 4.98 Å². The lowest BCUT2D eigenvalue weighted by Crippen LogP contribution is -2.45. The lowest BCUT2D eigenvalue weighted by Gasteiger charge is -2.34. The van der Waals surface area contributed by atoms with Gasteiger partial charge in [0.2, 0.25) is 5.91 Å². The molecule has 112 valence electrons. The summed E-state index contributed by atoms with van der Waals surface area (Å²) in [5, 5.41) is 2.32. The zero-order valence-electron chi connectivity index (χ0n) is 12.1.